The number of carbonyl (C=O) groups is 5. The molecular weight excluding hydrogens is 882 g/mol. The van der Waals surface area contributed by atoms with Gasteiger partial charge in [0.25, 0.3) is 17.7 Å². The summed E-state index contributed by atoms with van der Waals surface area (Å²) in [5.41, 5.74) is 3.41. The Labute approximate surface area is 389 Å². The number of hydrogen-bond donors (Lipinski definition) is 3. The highest BCUT2D eigenvalue weighted by atomic mass is 19.4. The molecular formula is C48H51F3N12O5. The number of hydrogen-bond acceptors (Lipinski definition) is 13. The standard InChI is InChI=1S/C48H51F3N12O5/c49-48(50,51)38-8-2-7-36(57-38)44(65)56-32-24-34(25-32)62-28-54-41-42(52-27-53-43(41)62)55-31-9-11-33(12-10-31)61-22-20-60(21-23-61)26-29-15-18-59(19-16-29)17-3-5-30-4-1-6-35-40(30)47(68)63(46(35)67)37-13-14-39(64)58-45(37)66/h1-2,4,6-12,27-29,32,34,37H,3,5,13-26H2,(H,56,65)(H,52,53,55)(H,58,64,66). The molecule has 10 rings (SSSR count). The Morgan fingerprint density at radius 1 is 0.824 bits per heavy atom. The summed E-state index contributed by atoms with van der Waals surface area (Å²) in [6.07, 6.45) is 3.68. The average Bonchev–Trinajstić information content (AvgIpc) is 3.86. The highest BCUT2D eigenvalue weighted by Crippen LogP contribution is 2.36. The number of imide groups is 2. The normalized spacial score (nSPS) is 21.8. The Morgan fingerprint density at radius 2 is 1.59 bits per heavy atom. The van der Waals surface area contributed by atoms with E-state index in [0.29, 0.717) is 53.3 Å². The van der Waals surface area contributed by atoms with Crippen LogP contribution >= 0.6 is 0 Å². The van der Waals surface area contributed by atoms with Crippen molar-refractivity contribution in [1.29, 1.82) is 0 Å². The monoisotopic (exact) mass is 932 g/mol. The summed E-state index contributed by atoms with van der Waals surface area (Å²) in [5, 5.41) is 8.43. The van der Waals surface area contributed by atoms with Crippen LogP contribution in [0.1, 0.15) is 93.4 Å². The number of piperazine rings is 1. The van der Waals surface area contributed by atoms with Gasteiger partial charge in [-0.1, -0.05) is 18.2 Å². The van der Waals surface area contributed by atoms with Gasteiger partial charge in [-0.3, -0.25) is 39.1 Å². The van der Waals surface area contributed by atoms with Crippen LogP contribution in [0.5, 0.6) is 0 Å². The zero-order valence-corrected chi connectivity index (χ0v) is 37.3. The summed E-state index contributed by atoms with van der Waals surface area (Å²) in [4.78, 5) is 89.1. The number of anilines is 3. The van der Waals surface area contributed by atoms with Gasteiger partial charge in [-0.2, -0.15) is 13.2 Å². The number of halogens is 3. The molecule has 0 bridgehead atoms. The van der Waals surface area contributed by atoms with Crippen LogP contribution in [0.3, 0.4) is 0 Å². The highest BCUT2D eigenvalue weighted by molar-refractivity contribution is 6.24. The van der Waals surface area contributed by atoms with Crippen LogP contribution in [0.2, 0.25) is 0 Å². The first-order chi connectivity index (χ1) is 32.9. The van der Waals surface area contributed by atoms with Crippen LogP contribution in [0.4, 0.5) is 30.4 Å². The van der Waals surface area contributed by atoms with Crippen LogP contribution in [0, 0.1) is 5.92 Å². The number of rotatable bonds is 13. The minimum atomic E-state index is -4.63. The summed E-state index contributed by atoms with van der Waals surface area (Å²) in [5.74, 6) is -1.36. The number of imidazole rings is 1. The van der Waals surface area contributed by atoms with Gasteiger partial charge in [0.1, 0.15) is 23.8 Å². The lowest BCUT2D eigenvalue weighted by Gasteiger charge is -2.39. The van der Waals surface area contributed by atoms with Crippen LogP contribution in [-0.2, 0) is 22.2 Å². The van der Waals surface area contributed by atoms with E-state index in [1.165, 1.54) is 18.5 Å². The maximum absolute atomic E-state index is 13.5. The topological polar surface area (TPSA) is 191 Å². The summed E-state index contributed by atoms with van der Waals surface area (Å²) < 4.78 is 41.2. The van der Waals surface area contributed by atoms with Crippen molar-refractivity contribution >= 4 is 57.9 Å². The minimum absolute atomic E-state index is 0.00390. The molecule has 2 aromatic carbocycles. The SMILES string of the molecule is O=C1CCC(N2C(=O)c3cccc(CCCN4CCC(CN5CCN(c6ccc(Nc7ncnc8c7ncn8C7CC(NC(=O)c8cccc(C(F)(F)F)n8)C7)cc6)CC5)CC4)c3C2=O)C(=O)N1. The van der Waals surface area contributed by atoms with Crippen molar-refractivity contribution in [2.45, 2.75) is 75.7 Å². The predicted octanol–water partition coefficient (Wildman–Crippen LogP) is 4.99. The second-order valence-corrected chi connectivity index (χ2v) is 18.4. The fourth-order valence-electron chi connectivity index (χ4n) is 10.2. The van der Waals surface area contributed by atoms with E-state index in [9.17, 15) is 37.1 Å². The molecule has 4 aliphatic heterocycles. The molecule has 5 aliphatic rings. The molecule has 20 heteroatoms. The maximum atomic E-state index is 13.5. The fourth-order valence-corrected chi connectivity index (χ4v) is 10.2. The van der Waals surface area contributed by atoms with E-state index in [2.05, 4.69) is 62.7 Å². The number of likely N-dealkylation sites (tertiary alicyclic amines) is 1. The zero-order chi connectivity index (χ0) is 47.1. The lowest BCUT2D eigenvalue weighted by Crippen LogP contribution is -2.54. The smallest absolute Gasteiger partial charge is 0.369 e. The van der Waals surface area contributed by atoms with E-state index in [0.717, 1.165) is 99.5 Å². The number of nitrogens with zero attached hydrogens (tertiary/aromatic N) is 9. The quantitative estimate of drug-likeness (QED) is 0.134. The van der Waals surface area contributed by atoms with Crippen LogP contribution in [0.15, 0.2) is 73.3 Å². The van der Waals surface area contributed by atoms with Crippen molar-refractivity contribution in [3.05, 3.63) is 101 Å². The fraction of sp³-hybridized carbons (Fsp3) is 0.438. The highest BCUT2D eigenvalue weighted by Gasteiger charge is 2.45. The number of aromatic nitrogens is 5. The van der Waals surface area contributed by atoms with Crippen molar-refractivity contribution in [1.82, 2.24) is 49.8 Å². The van der Waals surface area contributed by atoms with Gasteiger partial charge in [0.2, 0.25) is 11.8 Å². The first-order valence-corrected chi connectivity index (χ1v) is 23.3. The molecule has 1 atom stereocenters. The van der Waals surface area contributed by atoms with Gasteiger partial charge >= 0.3 is 6.18 Å². The number of nitrogens with one attached hydrogen (secondary N) is 3. The first-order valence-electron chi connectivity index (χ1n) is 23.3. The first kappa shape index (κ1) is 45.0. The van der Waals surface area contributed by atoms with Gasteiger partial charge in [-0.15, -0.1) is 0 Å². The Bertz CT molecular complexity index is 2740. The van der Waals surface area contributed by atoms with Crippen LogP contribution in [0.25, 0.3) is 11.2 Å². The number of amides is 5. The Balaban J connectivity index is 0.646. The molecule has 68 heavy (non-hydrogen) atoms. The number of alkyl halides is 3. The van der Waals surface area contributed by atoms with Gasteiger partial charge in [-0.25, -0.2) is 19.9 Å². The van der Waals surface area contributed by atoms with E-state index in [1.54, 1.807) is 18.5 Å². The summed E-state index contributed by atoms with van der Waals surface area (Å²) in [6, 6.07) is 15.7. The lowest BCUT2D eigenvalue weighted by atomic mass is 9.86. The number of fused-ring (bicyclic) bond motifs is 2. The van der Waals surface area contributed by atoms with Crippen molar-refractivity contribution in [2.24, 2.45) is 5.92 Å². The van der Waals surface area contributed by atoms with Crippen molar-refractivity contribution < 1.29 is 37.1 Å². The van der Waals surface area contributed by atoms with Gasteiger partial charge in [0.15, 0.2) is 17.0 Å². The Hall–Kier alpha value is -6.80. The number of pyridine rings is 1. The molecule has 5 aromatic rings. The van der Waals surface area contributed by atoms with Gasteiger partial charge in [0.05, 0.1) is 17.5 Å². The van der Waals surface area contributed by atoms with E-state index < -0.39 is 47.4 Å². The number of benzene rings is 2. The maximum Gasteiger partial charge on any atom is 0.433 e. The van der Waals surface area contributed by atoms with Crippen LogP contribution in [-0.4, -0.2) is 133 Å². The molecule has 4 fully saturated rings. The third kappa shape index (κ3) is 9.25. The molecule has 3 saturated heterocycles. The molecule has 1 saturated carbocycles. The largest absolute Gasteiger partial charge is 0.433 e. The minimum Gasteiger partial charge on any atom is -0.369 e. The van der Waals surface area contributed by atoms with E-state index in [1.807, 2.05) is 22.8 Å². The summed E-state index contributed by atoms with van der Waals surface area (Å²) >= 11 is 0. The molecule has 354 valence electrons. The van der Waals surface area contributed by atoms with Gasteiger partial charge in [0, 0.05) is 62.6 Å². The molecule has 0 radical (unpaired) electrons. The Kier molecular flexibility index (Phi) is 12.4. The molecule has 1 unspecified atom stereocenters. The number of carbonyl (C=O) groups excluding carboxylic acids is 5. The molecule has 5 amide bonds. The third-order valence-electron chi connectivity index (χ3n) is 14.0. The van der Waals surface area contributed by atoms with Crippen molar-refractivity contribution in [3.8, 4) is 0 Å². The molecule has 3 aromatic heterocycles. The van der Waals surface area contributed by atoms with Crippen molar-refractivity contribution in [3.63, 3.8) is 0 Å². The molecule has 1 aliphatic carbocycles. The average molecular weight is 933 g/mol. The number of piperidine rings is 2. The Morgan fingerprint density at radius 3 is 2.34 bits per heavy atom. The van der Waals surface area contributed by atoms with E-state index >= 15 is 0 Å². The molecule has 7 heterocycles. The zero-order valence-electron chi connectivity index (χ0n) is 37.3. The summed E-state index contributed by atoms with van der Waals surface area (Å²) in [7, 11) is 0. The number of aryl methyl sites for hydroxylation is 1. The van der Waals surface area contributed by atoms with Gasteiger partial charge < -0.3 is 25.0 Å². The predicted molar refractivity (Wildman–Crippen MR) is 243 cm³/mol. The van der Waals surface area contributed by atoms with Crippen molar-refractivity contribution in [2.75, 3.05) is 62.6 Å². The van der Waals surface area contributed by atoms with E-state index in [-0.39, 0.29) is 30.6 Å². The summed E-state index contributed by atoms with van der Waals surface area (Å²) in [6.45, 7) is 7.90. The second kappa shape index (κ2) is 18.7. The lowest BCUT2D eigenvalue weighted by molar-refractivity contribution is -0.141. The third-order valence-corrected chi connectivity index (χ3v) is 14.0. The molecule has 3 N–H and O–H groups in total. The molecule has 0 spiro atoms. The van der Waals surface area contributed by atoms with Gasteiger partial charge in [-0.05, 0) is 119 Å². The molecule has 17 nitrogen and oxygen atoms in total. The van der Waals surface area contributed by atoms with E-state index in [4.69, 9.17) is 0 Å². The second-order valence-electron chi connectivity index (χ2n) is 18.4. The van der Waals surface area contributed by atoms with Crippen LogP contribution < -0.4 is 20.9 Å².